The summed E-state index contributed by atoms with van der Waals surface area (Å²) in [6.45, 7) is 13.8. The maximum Gasteiger partial charge on any atom is 0.187 e. The van der Waals surface area contributed by atoms with Crippen LogP contribution in [-0.2, 0) is 4.79 Å². The van der Waals surface area contributed by atoms with E-state index in [2.05, 4.69) is 91.3 Å². The van der Waals surface area contributed by atoms with E-state index in [1.807, 2.05) is 12.2 Å². The molecule has 2 N–H and O–H groups in total. The molecule has 0 radical (unpaired) electrons. The van der Waals surface area contributed by atoms with Gasteiger partial charge in [-0.25, -0.2) is 0 Å². The highest BCUT2D eigenvalue weighted by atomic mass is 16.2. The molecule has 2 aromatic carbocycles. The van der Waals surface area contributed by atoms with Crippen LogP contribution in [0.15, 0.2) is 59.7 Å². The Labute approximate surface area is 199 Å². The second-order valence-electron chi connectivity index (χ2n) is 7.80. The van der Waals surface area contributed by atoms with Gasteiger partial charge in [0.2, 0.25) is 0 Å². The minimum atomic E-state index is 0.138. The van der Waals surface area contributed by atoms with Gasteiger partial charge in [0.25, 0.3) is 0 Å². The lowest BCUT2D eigenvalue weighted by atomic mass is 9.95. The summed E-state index contributed by atoms with van der Waals surface area (Å²) in [5.41, 5.74) is 6.18. The van der Waals surface area contributed by atoms with Crippen molar-refractivity contribution in [3.63, 3.8) is 0 Å². The second-order valence-corrected chi connectivity index (χ2v) is 7.80. The van der Waals surface area contributed by atoms with Gasteiger partial charge in [-0.3, -0.25) is 4.79 Å². The third-order valence-electron chi connectivity index (χ3n) is 5.94. The lowest BCUT2D eigenvalue weighted by molar-refractivity contribution is -0.112. The molecule has 0 aromatic heterocycles. The predicted molar refractivity (Wildman–Crippen MR) is 142 cm³/mol. The topological polar surface area (TPSA) is 55.8 Å². The molecule has 0 saturated carbocycles. The highest BCUT2D eigenvalue weighted by molar-refractivity contribution is 6.14. The van der Waals surface area contributed by atoms with Gasteiger partial charge in [0.15, 0.2) is 5.78 Å². The Morgan fingerprint density at radius 2 is 1.03 bits per heavy atom. The van der Waals surface area contributed by atoms with E-state index in [-0.39, 0.29) is 5.78 Å². The van der Waals surface area contributed by atoms with Crippen molar-refractivity contribution >= 4 is 29.3 Å². The number of Topliss-reactive ketones (excluding diaryl/α,β-unsaturated/α-hetero) is 1. The first-order chi connectivity index (χ1) is 16.1. The number of hydrogen-bond donors (Lipinski definition) is 2. The highest BCUT2D eigenvalue weighted by Gasteiger charge is 2.20. The van der Waals surface area contributed by atoms with Crippen molar-refractivity contribution in [3.05, 3.63) is 70.8 Å². The van der Waals surface area contributed by atoms with E-state index in [0.717, 1.165) is 55.6 Å². The number of aliphatic hydroxyl groups is 1. The first kappa shape index (κ1) is 26.4. The summed E-state index contributed by atoms with van der Waals surface area (Å²) in [5, 5.41) is 10.4. The summed E-state index contributed by atoms with van der Waals surface area (Å²) in [4.78, 5) is 17.7. The molecule has 5 heteroatoms. The quantitative estimate of drug-likeness (QED) is 0.576. The number of carbonyl (C=O) groups excluding carboxylic acids is 1. The number of aliphatic hydroxyl groups excluding tert-OH is 1. The van der Waals surface area contributed by atoms with Gasteiger partial charge in [-0.15, -0.1) is 0 Å². The van der Waals surface area contributed by atoms with Gasteiger partial charge in [-0.2, -0.15) is 0 Å². The van der Waals surface area contributed by atoms with Gasteiger partial charge in [0.05, 0.1) is 0 Å². The third kappa shape index (κ3) is 7.04. The number of ketones is 1. The normalized spacial score (nSPS) is 15.9. The standard InChI is InChI=1S/C27H35N3O.CH4O/c1-5-29(6-2)25-13-9-21(10-14-25)17-23-19-28-20-24(27(23)31)18-22-11-15-26(16-12-22)30(7-3)8-4;1-2/h9-18,28H,5-8,19-20H2,1-4H3;2H,1H3/b23-17+,24-18+;. The Balaban J connectivity index is 0.00000187. The van der Waals surface area contributed by atoms with Crippen molar-refractivity contribution < 1.29 is 9.90 Å². The molecule has 0 unspecified atom stereocenters. The third-order valence-corrected chi connectivity index (χ3v) is 5.94. The van der Waals surface area contributed by atoms with Gasteiger partial charge < -0.3 is 20.2 Å². The van der Waals surface area contributed by atoms with Crippen molar-refractivity contribution in [1.82, 2.24) is 5.32 Å². The minimum Gasteiger partial charge on any atom is -0.400 e. The van der Waals surface area contributed by atoms with Gasteiger partial charge in [0, 0.05) is 68.9 Å². The molecule has 33 heavy (non-hydrogen) atoms. The number of hydrogen-bond acceptors (Lipinski definition) is 5. The molecule has 0 bridgehead atoms. The Morgan fingerprint density at radius 3 is 1.33 bits per heavy atom. The summed E-state index contributed by atoms with van der Waals surface area (Å²) < 4.78 is 0. The first-order valence-corrected chi connectivity index (χ1v) is 11.9. The van der Waals surface area contributed by atoms with Crippen LogP contribution in [0.2, 0.25) is 0 Å². The van der Waals surface area contributed by atoms with E-state index in [0.29, 0.717) is 13.1 Å². The SMILES string of the molecule is CCN(CC)c1ccc(/C=C2\CNC/C(=C\c3ccc(N(CC)CC)cc3)C2=O)cc1.CO. The van der Waals surface area contributed by atoms with Gasteiger partial charge in [-0.1, -0.05) is 24.3 Å². The highest BCUT2D eigenvalue weighted by Crippen LogP contribution is 2.21. The molecule has 0 spiro atoms. The molecular formula is C28H39N3O2. The molecule has 178 valence electrons. The summed E-state index contributed by atoms with van der Waals surface area (Å²) in [5.74, 6) is 0.138. The largest absolute Gasteiger partial charge is 0.400 e. The number of anilines is 2. The molecular weight excluding hydrogens is 410 g/mol. The molecule has 1 aliphatic rings. The number of carbonyl (C=O) groups is 1. The second kappa shape index (κ2) is 13.6. The smallest absolute Gasteiger partial charge is 0.187 e. The van der Waals surface area contributed by atoms with E-state index in [1.54, 1.807) is 0 Å². The van der Waals surface area contributed by atoms with Crippen LogP contribution >= 0.6 is 0 Å². The van der Waals surface area contributed by atoms with E-state index < -0.39 is 0 Å². The fourth-order valence-electron chi connectivity index (χ4n) is 4.07. The van der Waals surface area contributed by atoms with Crippen LogP contribution in [0.5, 0.6) is 0 Å². The van der Waals surface area contributed by atoms with Crippen LogP contribution in [-0.4, -0.2) is 57.3 Å². The summed E-state index contributed by atoms with van der Waals surface area (Å²) in [6, 6.07) is 16.9. The molecule has 1 saturated heterocycles. The average Bonchev–Trinajstić information content (AvgIpc) is 2.86. The van der Waals surface area contributed by atoms with E-state index >= 15 is 0 Å². The van der Waals surface area contributed by atoms with Crippen LogP contribution < -0.4 is 15.1 Å². The van der Waals surface area contributed by atoms with E-state index in [4.69, 9.17) is 5.11 Å². The summed E-state index contributed by atoms with van der Waals surface area (Å²) in [7, 11) is 1.00. The minimum absolute atomic E-state index is 0.138. The Morgan fingerprint density at radius 1 is 0.697 bits per heavy atom. The zero-order valence-electron chi connectivity index (χ0n) is 20.8. The maximum atomic E-state index is 13.1. The van der Waals surface area contributed by atoms with E-state index in [1.165, 1.54) is 11.4 Å². The average molecular weight is 450 g/mol. The predicted octanol–water partition coefficient (Wildman–Crippen LogP) is 4.63. The van der Waals surface area contributed by atoms with E-state index in [9.17, 15) is 4.79 Å². The fraction of sp³-hybridized carbons (Fsp3) is 0.393. The number of piperidine rings is 1. The van der Waals surface area contributed by atoms with Crippen molar-refractivity contribution in [2.24, 2.45) is 0 Å². The van der Waals surface area contributed by atoms with Crippen LogP contribution in [0, 0.1) is 0 Å². The molecule has 1 fully saturated rings. The maximum absolute atomic E-state index is 13.1. The van der Waals surface area contributed by atoms with Crippen LogP contribution in [0.4, 0.5) is 11.4 Å². The molecule has 5 nitrogen and oxygen atoms in total. The Kier molecular flexibility index (Phi) is 10.9. The molecule has 1 aliphatic heterocycles. The lowest BCUT2D eigenvalue weighted by Gasteiger charge is -2.21. The Hall–Kier alpha value is -2.89. The van der Waals surface area contributed by atoms with Crippen molar-refractivity contribution in [2.75, 3.05) is 56.2 Å². The van der Waals surface area contributed by atoms with Gasteiger partial charge in [0.1, 0.15) is 0 Å². The van der Waals surface area contributed by atoms with Crippen LogP contribution in [0.3, 0.4) is 0 Å². The van der Waals surface area contributed by atoms with Crippen LogP contribution in [0.25, 0.3) is 12.2 Å². The monoisotopic (exact) mass is 449 g/mol. The number of benzene rings is 2. The first-order valence-electron chi connectivity index (χ1n) is 11.9. The molecule has 2 aromatic rings. The molecule has 1 heterocycles. The fourth-order valence-corrected chi connectivity index (χ4v) is 4.07. The van der Waals surface area contributed by atoms with Crippen molar-refractivity contribution in [2.45, 2.75) is 27.7 Å². The van der Waals surface area contributed by atoms with Gasteiger partial charge in [-0.05, 0) is 75.2 Å². The van der Waals surface area contributed by atoms with Crippen LogP contribution in [0.1, 0.15) is 38.8 Å². The molecule has 3 rings (SSSR count). The van der Waals surface area contributed by atoms with Crippen molar-refractivity contribution in [3.8, 4) is 0 Å². The lowest BCUT2D eigenvalue weighted by Crippen LogP contribution is -2.32. The van der Waals surface area contributed by atoms with Crippen molar-refractivity contribution in [1.29, 1.82) is 0 Å². The molecule has 0 aliphatic carbocycles. The number of rotatable bonds is 8. The molecule has 0 amide bonds. The number of nitrogens with zero attached hydrogens (tertiary/aromatic N) is 2. The van der Waals surface area contributed by atoms with Gasteiger partial charge >= 0.3 is 0 Å². The zero-order valence-corrected chi connectivity index (χ0v) is 20.8. The molecule has 0 atom stereocenters. The summed E-state index contributed by atoms with van der Waals surface area (Å²) >= 11 is 0. The zero-order chi connectivity index (χ0) is 24.2. The number of nitrogens with one attached hydrogen (secondary N) is 1. The Bertz CT molecular complexity index is 847. The summed E-state index contributed by atoms with van der Waals surface area (Å²) in [6.07, 6.45) is 4.02.